The van der Waals surface area contributed by atoms with E-state index < -0.39 is 11.8 Å². The number of nitrogens with zero attached hydrogens (tertiary/aromatic N) is 1. The van der Waals surface area contributed by atoms with Crippen molar-refractivity contribution < 1.29 is 14.4 Å². The van der Waals surface area contributed by atoms with Crippen LogP contribution in [0.1, 0.15) is 15.9 Å². The van der Waals surface area contributed by atoms with Crippen LogP contribution in [0.5, 0.6) is 0 Å². The minimum absolute atomic E-state index is 0.0891. The molecule has 0 atom stereocenters. The number of amides is 3. The van der Waals surface area contributed by atoms with Crippen LogP contribution in [0, 0.1) is 0 Å². The molecule has 220 valence electrons. The second-order valence-electron chi connectivity index (χ2n) is 9.27. The molecule has 1 aromatic heterocycles. The summed E-state index contributed by atoms with van der Waals surface area (Å²) in [6, 6.07) is 30.3. The summed E-state index contributed by atoms with van der Waals surface area (Å²) in [4.78, 5) is 44.1. The molecule has 11 heteroatoms. The van der Waals surface area contributed by atoms with Gasteiger partial charge in [0.15, 0.2) is 5.13 Å². The van der Waals surface area contributed by atoms with Gasteiger partial charge in [-0.3, -0.25) is 14.4 Å². The van der Waals surface area contributed by atoms with Crippen LogP contribution in [0.25, 0.3) is 17.3 Å². The number of thioether (sulfide) groups is 1. The van der Waals surface area contributed by atoms with E-state index in [-0.39, 0.29) is 17.4 Å². The third-order valence-corrected chi connectivity index (χ3v) is 8.56. The fraction of sp³-hybridized carbons (Fsp3) is 0.0303. The van der Waals surface area contributed by atoms with Gasteiger partial charge in [0.2, 0.25) is 5.91 Å². The molecule has 5 rings (SSSR count). The van der Waals surface area contributed by atoms with Gasteiger partial charge in [-0.1, -0.05) is 83.9 Å². The topological polar surface area (TPSA) is 100 Å². The summed E-state index contributed by atoms with van der Waals surface area (Å²) in [5.41, 5.74) is 3.27. The van der Waals surface area contributed by atoms with Crippen molar-refractivity contribution in [3.63, 3.8) is 0 Å². The van der Waals surface area contributed by atoms with Crippen LogP contribution >= 0.6 is 46.3 Å². The second kappa shape index (κ2) is 14.9. The van der Waals surface area contributed by atoms with Gasteiger partial charge in [0, 0.05) is 27.1 Å². The number of benzene rings is 4. The van der Waals surface area contributed by atoms with Crippen LogP contribution < -0.4 is 16.0 Å². The van der Waals surface area contributed by atoms with E-state index in [2.05, 4.69) is 20.9 Å². The smallest absolute Gasteiger partial charge is 0.272 e. The average molecular weight is 660 g/mol. The van der Waals surface area contributed by atoms with Crippen molar-refractivity contribution in [2.24, 2.45) is 0 Å². The maximum absolute atomic E-state index is 13.3. The maximum Gasteiger partial charge on any atom is 0.272 e. The van der Waals surface area contributed by atoms with Crippen molar-refractivity contribution in [1.29, 1.82) is 0 Å². The van der Waals surface area contributed by atoms with E-state index in [1.165, 1.54) is 23.1 Å². The molecule has 0 aliphatic heterocycles. The minimum Gasteiger partial charge on any atom is -0.321 e. The highest BCUT2D eigenvalue weighted by atomic mass is 35.5. The van der Waals surface area contributed by atoms with Crippen LogP contribution in [-0.2, 0) is 9.59 Å². The number of carbonyl (C=O) groups is 3. The van der Waals surface area contributed by atoms with Crippen LogP contribution in [0.4, 0.5) is 10.8 Å². The largest absolute Gasteiger partial charge is 0.321 e. The first-order valence-corrected chi connectivity index (χ1v) is 15.8. The number of carbonyl (C=O) groups excluding carboxylic acids is 3. The maximum atomic E-state index is 13.3. The highest BCUT2D eigenvalue weighted by Gasteiger charge is 2.16. The number of rotatable bonds is 10. The van der Waals surface area contributed by atoms with Crippen molar-refractivity contribution in [3.8, 4) is 11.3 Å². The Morgan fingerprint density at radius 3 is 2.32 bits per heavy atom. The second-order valence-corrected chi connectivity index (χ2v) is 12.0. The first-order valence-electron chi connectivity index (χ1n) is 13.2. The molecule has 3 N–H and O–H groups in total. The molecule has 7 nitrogen and oxygen atoms in total. The third-order valence-electron chi connectivity index (χ3n) is 6.07. The summed E-state index contributed by atoms with van der Waals surface area (Å²) in [6.07, 6.45) is 1.62. The zero-order valence-electron chi connectivity index (χ0n) is 22.9. The molecule has 44 heavy (non-hydrogen) atoms. The number of halogens is 2. The normalized spacial score (nSPS) is 11.1. The molecule has 1 heterocycles. The standard InChI is InChI=1S/C33H24Cl2N4O3S2/c34-26-15-14-23(17-27(26)35)29-19-44-33(38-29)39-30(40)20-43-25-13-7-12-24(18-25)36-32(42)28(16-21-8-3-1-4-9-21)37-31(41)22-10-5-2-6-11-22/h1-19H,20H2,(H,36,42)(H,37,41)(H,38,39,40)/b28-16-. The predicted octanol–water partition coefficient (Wildman–Crippen LogP) is 8.26. The average Bonchev–Trinajstić information content (AvgIpc) is 3.50. The Morgan fingerprint density at radius 1 is 0.818 bits per heavy atom. The van der Waals surface area contributed by atoms with E-state index in [1.54, 1.807) is 60.7 Å². The predicted molar refractivity (Wildman–Crippen MR) is 180 cm³/mol. The Kier molecular flexibility index (Phi) is 10.5. The van der Waals surface area contributed by atoms with Gasteiger partial charge < -0.3 is 16.0 Å². The summed E-state index contributed by atoms with van der Waals surface area (Å²) in [5.74, 6) is -0.982. The number of nitrogens with one attached hydrogen (secondary N) is 3. The molecule has 4 aromatic carbocycles. The minimum atomic E-state index is -0.487. The van der Waals surface area contributed by atoms with Crippen molar-refractivity contribution >= 4 is 80.9 Å². The number of aromatic nitrogens is 1. The molecule has 3 amide bonds. The molecule has 5 aromatic rings. The lowest BCUT2D eigenvalue weighted by molar-refractivity contribution is -0.114. The quantitative estimate of drug-likeness (QED) is 0.104. The number of anilines is 2. The molecule has 0 unspecified atom stereocenters. The van der Waals surface area contributed by atoms with E-state index in [0.717, 1.165) is 16.0 Å². The van der Waals surface area contributed by atoms with Crippen LogP contribution in [-0.4, -0.2) is 28.5 Å². The van der Waals surface area contributed by atoms with E-state index in [0.29, 0.717) is 32.1 Å². The molecule has 0 saturated carbocycles. The van der Waals surface area contributed by atoms with Gasteiger partial charge in [-0.25, -0.2) is 4.98 Å². The SMILES string of the molecule is O=C(CSc1cccc(NC(=O)/C(=C/c2ccccc2)NC(=O)c2ccccc2)c1)Nc1nc(-c2ccc(Cl)c(Cl)c2)cs1. The summed E-state index contributed by atoms with van der Waals surface area (Å²) < 4.78 is 0. The lowest BCUT2D eigenvalue weighted by atomic mass is 10.1. The molecule has 0 aliphatic carbocycles. The summed E-state index contributed by atoms with van der Waals surface area (Å²) in [7, 11) is 0. The Morgan fingerprint density at radius 2 is 1.57 bits per heavy atom. The first-order chi connectivity index (χ1) is 21.3. The Balaban J connectivity index is 1.21. The zero-order valence-corrected chi connectivity index (χ0v) is 26.1. The monoisotopic (exact) mass is 658 g/mol. The number of thiazole rings is 1. The number of hydrogen-bond donors (Lipinski definition) is 3. The highest BCUT2D eigenvalue weighted by molar-refractivity contribution is 8.00. The molecule has 0 aliphatic rings. The van der Waals surface area contributed by atoms with E-state index in [9.17, 15) is 14.4 Å². The fourth-order valence-corrected chi connectivity index (χ4v) is 5.73. The van der Waals surface area contributed by atoms with Crippen molar-refractivity contribution in [3.05, 3.63) is 135 Å². The van der Waals surface area contributed by atoms with Gasteiger partial charge >= 0.3 is 0 Å². The van der Waals surface area contributed by atoms with Gasteiger partial charge in [0.1, 0.15) is 5.70 Å². The van der Waals surface area contributed by atoms with Gasteiger partial charge in [-0.05, 0) is 54.1 Å². The summed E-state index contributed by atoms with van der Waals surface area (Å²) >= 11 is 14.7. The number of hydrogen-bond acceptors (Lipinski definition) is 6. The van der Waals surface area contributed by atoms with Crippen molar-refractivity contribution in [2.45, 2.75) is 4.90 Å². The van der Waals surface area contributed by atoms with Gasteiger partial charge in [-0.2, -0.15) is 0 Å². The van der Waals surface area contributed by atoms with E-state index in [1.807, 2.05) is 53.9 Å². The van der Waals surface area contributed by atoms with Crippen molar-refractivity contribution in [2.75, 3.05) is 16.4 Å². The molecule has 0 radical (unpaired) electrons. The fourth-order valence-electron chi connectivity index (χ4n) is 3.94. The third kappa shape index (κ3) is 8.58. The zero-order chi connectivity index (χ0) is 30.9. The van der Waals surface area contributed by atoms with E-state index in [4.69, 9.17) is 23.2 Å². The highest BCUT2D eigenvalue weighted by Crippen LogP contribution is 2.31. The lowest BCUT2D eigenvalue weighted by Crippen LogP contribution is -2.30. The molecule has 0 saturated heterocycles. The molecule has 0 spiro atoms. The first kappa shape index (κ1) is 31.0. The van der Waals surface area contributed by atoms with Gasteiger partial charge in [0.05, 0.1) is 21.5 Å². The van der Waals surface area contributed by atoms with Crippen LogP contribution in [0.15, 0.2) is 119 Å². The van der Waals surface area contributed by atoms with Crippen LogP contribution in [0.2, 0.25) is 10.0 Å². The summed E-state index contributed by atoms with van der Waals surface area (Å²) in [6.45, 7) is 0. The molecular formula is C33H24Cl2N4O3S2. The van der Waals surface area contributed by atoms with Crippen LogP contribution in [0.3, 0.4) is 0 Å². The summed E-state index contributed by atoms with van der Waals surface area (Å²) in [5, 5.41) is 11.6. The Labute approximate surface area is 272 Å². The van der Waals surface area contributed by atoms with Gasteiger partial charge in [0.25, 0.3) is 11.8 Å². The Hall–Kier alpha value is -4.41. The molecule has 0 bridgehead atoms. The van der Waals surface area contributed by atoms with Gasteiger partial charge in [-0.15, -0.1) is 23.1 Å². The lowest BCUT2D eigenvalue weighted by Gasteiger charge is -2.12. The Bertz CT molecular complexity index is 1830. The van der Waals surface area contributed by atoms with E-state index >= 15 is 0 Å². The van der Waals surface area contributed by atoms with Crippen molar-refractivity contribution in [1.82, 2.24) is 10.3 Å². The molecular weight excluding hydrogens is 635 g/mol. The molecule has 0 fully saturated rings.